The van der Waals surface area contributed by atoms with Gasteiger partial charge in [0.1, 0.15) is 0 Å². The zero-order valence-corrected chi connectivity index (χ0v) is 17.4. The van der Waals surface area contributed by atoms with Crippen molar-refractivity contribution >= 4 is 11.9 Å². The van der Waals surface area contributed by atoms with E-state index in [9.17, 15) is 9.59 Å². The fourth-order valence-electron chi connectivity index (χ4n) is 4.56. The molecule has 3 amide bonds. The molecule has 8 heteroatoms. The molecule has 0 aromatic heterocycles. The highest BCUT2D eigenvalue weighted by Gasteiger charge is 2.35. The van der Waals surface area contributed by atoms with E-state index in [-0.39, 0.29) is 17.9 Å². The molecule has 0 radical (unpaired) electrons. The van der Waals surface area contributed by atoms with Crippen LogP contribution in [-0.4, -0.2) is 105 Å². The predicted molar refractivity (Wildman–Crippen MR) is 106 cm³/mol. The standard InChI is InChI=1S/C20H36N4O4/c1-22(2)20(26)23-9-3-18(15-23)24(17-6-13-28-14-7-17)10-8-21-19(25)16-4-11-27-12-5-16/h16-18H,3-15H2,1-2H3,(H,21,25). The number of hydrogen-bond acceptors (Lipinski definition) is 5. The van der Waals surface area contributed by atoms with Crippen molar-refractivity contribution < 1.29 is 19.1 Å². The molecule has 0 aliphatic carbocycles. The maximum atomic E-state index is 12.4. The van der Waals surface area contributed by atoms with Crippen molar-refractivity contribution in [3.63, 3.8) is 0 Å². The summed E-state index contributed by atoms with van der Waals surface area (Å²) < 4.78 is 10.9. The van der Waals surface area contributed by atoms with Gasteiger partial charge in [-0.1, -0.05) is 0 Å². The fraction of sp³-hybridized carbons (Fsp3) is 0.900. The number of amides is 3. The van der Waals surface area contributed by atoms with Gasteiger partial charge in [-0.25, -0.2) is 4.79 Å². The van der Waals surface area contributed by atoms with Crippen molar-refractivity contribution in [3.05, 3.63) is 0 Å². The van der Waals surface area contributed by atoms with Crippen molar-refractivity contribution in [2.45, 2.75) is 44.2 Å². The molecule has 0 aromatic carbocycles. The van der Waals surface area contributed by atoms with Gasteiger partial charge in [0.05, 0.1) is 0 Å². The number of rotatable bonds is 6. The van der Waals surface area contributed by atoms with Crippen LogP contribution in [0.1, 0.15) is 32.1 Å². The van der Waals surface area contributed by atoms with Crippen molar-refractivity contribution in [1.29, 1.82) is 0 Å². The van der Waals surface area contributed by atoms with Gasteiger partial charge in [-0.15, -0.1) is 0 Å². The molecular weight excluding hydrogens is 360 g/mol. The summed E-state index contributed by atoms with van der Waals surface area (Å²) in [6.07, 6.45) is 4.67. The summed E-state index contributed by atoms with van der Waals surface area (Å²) in [6.45, 7) is 6.01. The minimum atomic E-state index is 0.0854. The zero-order valence-electron chi connectivity index (χ0n) is 17.4. The molecule has 3 rings (SSSR count). The lowest BCUT2D eigenvalue weighted by Crippen LogP contribution is -2.51. The van der Waals surface area contributed by atoms with Crippen LogP contribution in [0.3, 0.4) is 0 Å². The third-order valence-corrected chi connectivity index (χ3v) is 6.21. The highest BCUT2D eigenvalue weighted by Crippen LogP contribution is 2.23. The highest BCUT2D eigenvalue weighted by molar-refractivity contribution is 5.78. The first-order chi connectivity index (χ1) is 13.6. The van der Waals surface area contributed by atoms with Gasteiger partial charge in [-0.2, -0.15) is 0 Å². The van der Waals surface area contributed by atoms with E-state index in [0.29, 0.717) is 31.8 Å². The normalized spacial score (nSPS) is 24.5. The Labute approximate surface area is 168 Å². The molecule has 1 unspecified atom stereocenters. The average molecular weight is 397 g/mol. The van der Waals surface area contributed by atoms with Crippen molar-refractivity contribution in [1.82, 2.24) is 20.0 Å². The van der Waals surface area contributed by atoms with E-state index >= 15 is 0 Å². The van der Waals surface area contributed by atoms with E-state index in [1.165, 1.54) is 0 Å². The Bertz CT molecular complexity index is 518. The number of ether oxygens (including phenoxy) is 2. The van der Waals surface area contributed by atoms with Crippen LogP contribution >= 0.6 is 0 Å². The Hall–Kier alpha value is -1.38. The first-order valence-electron chi connectivity index (χ1n) is 10.7. The summed E-state index contributed by atoms with van der Waals surface area (Å²) >= 11 is 0. The number of nitrogens with zero attached hydrogens (tertiary/aromatic N) is 3. The Balaban J connectivity index is 1.53. The predicted octanol–water partition coefficient (Wildman–Crippen LogP) is 0.766. The first kappa shape index (κ1) is 21.3. The molecule has 0 spiro atoms. The van der Waals surface area contributed by atoms with Crippen molar-refractivity contribution in [2.24, 2.45) is 5.92 Å². The van der Waals surface area contributed by atoms with E-state index in [1.807, 2.05) is 4.90 Å². The topological polar surface area (TPSA) is 74.4 Å². The third-order valence-electron chi connectivity index (χ3n) is 6.21. The molecule has 3 heterocycles. The quantitative estimate of drug-likeness (QED) is 0.718. The fourth-order valence-corrected chi connectivity index (χ4v) is 4.56. The second-order valence-corrected chi connectivity index (χ2v) is 8.32. The zero-order chi connectivity index (χ0) is 19.9. The number of carbonyl (C=O) groups is 2. The largest absolute Gasteiger partial charge is 0.381 e. The minimum Gasteiger partial charge on any atom is -0.381 e. The summed E-state index contributed by atoms with van der Waals surface area (Å²) in [5.74, 6) is 0.246. The van der Waals surface area contributed by atoms with Gasteiger partial charge in [-0.3, -0.25) is 9.69 Å². The van der Waals surface area contributed by atoms with Gasteiger partial charge in [0, 0.05) is 84.7 Å². The molecule has 3 fully saturated rings. The van der Waals surface area contributed by atoms with E-state index in [2.05, 4.69) is 10.2 Å². The molecule has 0 bridgehead atoms. The van der Waals surface area contributed by atoms with Crippen LogP contribution in [0.2, 0.25) is 0 Å². The molecular formula is C20H36N4O4. The van der Waals surface area contributed by atoms with Crippen molar-refractivity contribution in [2.75, 3.05) is 66.7 Å². The SMILES string of the molecule is CN(C)C(=O)N1CCC(N(CCNC(=O)C2CCOCC2)C2CCOCC2)C1. The molecule has 1 N–H and O–H groups in total. The number of hydrogen-bond donors (Lipinski definition) is 1. The maximum Gasteiger partial charge on any atom is 0.319 e. The van der Waals surface area contributed by atoms with Crippen LogP contribution in [0.5, 0.6) is 0 Å². The Morgan fingerprint density at radius 2 is 1.61 bits per heavy atom. The number of likely N-dealkylation sites (tertiary alicyclic amines) is 1. The molecule has 0 aromatic rings. The molecule has 1 atom stereocenters. The molecule has 3 saturated heterocycles. The number of urea groups is 1. The van der Waals surface area contributed by atoms with Gasteiger partial charge in [0.2, 0.25) is 5.91 Å². The van der Waals surface area contributed by atoms with E-state index in [1.54, 1.807) is 19.0 Å². The van der Waals surface area contributed by atoms with Crippen LogP contribution in [-0.2, 0) is 14.3 Å². The van der Waals surface area contributed by atoms with E-state index in [0.717, 1.165) is 65.0 Å². The lowest BCUT2D eigenvalue weighted by atomic mass is 9.99. The minimum absolute atomic E-state index is 0.0854. The molecule has 8 nitrogen and oxygen atoms in total. The Kier molecular flexibility index (Phi) is 7.93. The van der Waals surface area contributed by atoms with Crippen LogP contribution in [0.15, 0.2) is 0 Å². The van der Waals surface area contributed by atoms with E-state index < -0.39 is 0 Å². The second kappa shape index (κ2) is 10.4. The van der Waals surface area contributed by atoms with Gasteiger partial charge < -0.3 is 24.6 Å². The maximum absolute atomic E-state index is 12.4. The third kappa shape index (κ3) is 5.58. The van der Waals surface area contributed by atoms with Crippen LogP contribution < -0.4 is 5.32 Å². The smallest absolute Gasteiger partial charge is 0.319 e. The first-order valence-corrected chi connectivity index (χ1v) is 10.7. The van der Waals surface area contributed by atoms with Crippen LogP contribution in [0, 0.1) is 5.92 Å². The Morgan fingerprint density at radius 3 is 2.25 bits per heavy atom. The lowest BCUT2D eigenvalue weighted by molar-refractivity contribution is -0.128. The molecule has 3 aliphatic heterocycles. The van der Waals surface area contributed by atoms with Crippen molar-refractivity contribution in [3.8, 4) is 0 Å². The summed E-state index contributed by atoms with van der Waals surface area (Å²) in [7, 11) is 3.61. The van der Waals surface area contributed by atoms with E-state index in [4.69, 9.17) is 9.47 Å². The molecule has 160 valence electrons. The Morgan fingerprint density at radius 1 is 0.964 bits per heavy atom. The summed E-state index contributed by atoms with van der Waals surface area (Å²) in [6, 6.07) is 0.905. The average Bonchev–Trinajstić information content (AvgIpc) is 3.21. The highest BCUT2D eigenvalue weighted by atomic mass is 16.5. The van der Waals surface area contributed by atoms with Gasteiger partial charge >= 0.3 is 6.03 Å². The van der Waals surface area contributed by atoms with Gasteiger partial charge in [0.25, 0.3) is 0 Å². The molecule has 0 saturated carbocycles. The second-order valence-electron chi connectivity index (χ2n) is 8.32. The summed E-state index contributed by atoms with van der Waals surface area (Å²) in [4.78, 5) is 30.9. The van der Waals surface area contributed by atoms with Crippen LogP contribution in [0.4, 0.5) is 4.79 Å². The number of carbonyl (C=O) groups excluding carboxylic acids is 2. The monoisotopic (exact) mass is 396 g/mol. The molecule has 28 heavy (non-hydrogen) atoms. The van der Waals surface area contributed by atoms with Crippen LogP contribution in [0.25, 0.3) is 0 Å². The summed E-state index contributed by atoms with van der Waals surface area (Å²) in [5.41, 5.74) is 0. The lowest BCUT2D eigenvalue weighted by Gasteiger charge is -2.38. The summed E-state index contributed by atoms with van der Waals surface area (Å²) in [5, 5.41) is 3.14. The molecule has 3 aliphatic rings. The van der Waals surface area contributed by atoms with Gasteiger partial charge in [0.15, 0.2) is 0 Å². The number of nitrogens with one attached hydrogen (secondary N) is 1. The van der Waals surface area contributed by atoms with Gasteiger partial charge in [-0.05, 0) is 32.1 Å².